The Morgan fingerprint density at radius 1 is 1.41 bits per heavy atom. The van der Waals surface area contributed by atoms with Crippen molar-refractivity contribution in [3.63, 3.8) is 0 Å². The van der Waals surface area contributed by atoms with Gasteiger partial charge < -0.3 is 5.73 Å². The molecule has 1 aromatic carbocycles. The molecule has 0 saturated carbocycles. The monoisotopic (exact) mass is 257 g/mol. The minimum atomic E-state index is -3.50. The summed E-state index contributed by atoms with van der Waals surface area (Å²) in [6, 6.07) is 6.96. The molecule has 0 radical (unpaired) electrons. The van der Waals surface area contributed by atoms with Gasteiger partial charge in [0.1, 0.15) is 0 Å². The maximum absolute atomic E-state index is 11.9. The molecule has 5 nitrogen and oxygen atoms in total. The van der Waals surface area contributed by atoms with Crippen LogP contribution in [-0.4, -0.2) is 25.8 Å². The Morgan fingerprint density at radius 2 is 2.06 bits per heavy atom. The predicted molar refractivity (Wildman–Crippen MR) is 69.8 cm³/mol. The van der Waals surface area contributed by atoms with E-state index in [2.05, 4.69) is 4.72 Å². The molecule has 0 bridgehead atoms. The minimum Gasteiger partial charge on any atom is -0.326 e. The summed E-state index contributed by atoms with van der Waals surface area (Å²) in [4.78, 5) is 0. The van der Waals surface area contributed by atoms with Gasteiger partial charge in [-0.1, -0.05) is 12.1 Å². The van der Waals surface area contributed by atoms with Gasteiger partial charge in [-0.3, -0.25) is 4.72 Å². The van der Waals surface area contributed by atoms with Crippen LogP contribution in [0.4, 0.5) is 5.69 Å². The van der Waals surface area contributed by atoms with Gasteiger partial charge in [0.25, 0.3) is 0 Å². The second-order valence-corrected chi connectivity index (χ2v) is 5.85. The standard InChI is InChI=1S/C11H19N3O2S/c1-9(2)14(3)17(15,16)13-11-6-4-5-10(7-11)8-12/h4-7,9,13H,8,12H2,1-3H3. The maximum atomic E-state index is 11.9. The first kappa shape index (κ1) is 14.0. The van der Waals surface area contributed by atoms with Crippen LogP contribution in [0.25, 0.3) is 0 Å². The topological polar surface area (TPSA) is 75.4 Å². The molecule has 0 saturated heterocycles. The van der Waals surface area contributed by atoms with E-state index in [1.54, 1.807) is 25.2 Å². The molecule has 0 amide bonds. The molecule has 0 aliphatic rings. The van der Waals surface area contributed by atoms with E-state index in [0.717, 1.165) is 5.56 Å². The fourth-order valence-corrected chi connectivity index (χ4v) is 2.38. The maximum Gasteiger partial charge on any atom is 0.301 e. The van der Waals surface area contributed by atoms with Crippen LogP contribution in [0.15, 0.2) is 24.3 Å². The summed E-state index contributed by atoms with van der Waals surface area (Å²) in [6.07, 6.45) is 0. The van der Waals surface area contributed by atoms with Crippen molar-refractivity contribution in [3.05, 3.63) is 29.8 Å². The van der Waals surface area contributed by atoms with Crippen LogP contribution < -0.4 is 10.5 Å². The molecule has 0 unspecified atom stereocenters. The number of rotatable bonds is 5. The Bertz CT molecular complexity index is 471. The number of nitrogens with one attached hydrogen (secondary N) is 1. The normalized spacial score (nSPS) is 12.1. The number of nitrogens with two attached hydrogens (primary N) is 1. The SMILES string of the molecule is CC(C)N(C)S(=O)(=O)Nc1cccc(CN)c1. The largest absolute Gasteiger partial charge is 0.326 e. The quantitative estimate of drug-likeness (QED) is 0.830. The summed E-state index contributed by atoms with van der Waals surface area (Å²) < 4.78 is 27.6. The van der Waals surface area contributed by atoms with E-state index in [0.29, 0.717) is 12.2 Å². The lowest BCUT2D eigenvalue weighted by Crippen LogP contribution is -2.37. The highest BCUT2D eigenvalue weighted by Crippen LogP contribution is 2.14. The third kappa shape index (κ3) is 3.69. The molecule has 0 fully saturated rings. The lowest BCUT2D eigenvalue weighted by atomic mass is 10.2. The third-order valence-corrected chi connectivity index (χ3v) is 4.19. The summed E-state index contributed by atoms with van der Waals surface area (Å²) in [5, 5.41) is 0. The zero-order chi connectivity index (χ0) is 13.1. The third-order valence-electron chi connectivity index (χ3n) is 2.52. The molecule has 1 aromatic rings. The average molecular weight is 257 g/mol. The van der Waals surface area contributed by atoms with Gasteiger partial charge in [0.15, 0.2) is 0 Å². The lowest BCUT2D eigenvalue weighted by molar-refractivity contribution is 0.414. The highest BCUT2D eigenvalue weighted by Gasteiger charge is 2.20. The van der Waals surface area contributed by atoms with E-state index in [4.69, 9.17) is 5.73 Å². The zero-order valence-corrected chi connectivity index (χ0v) is 11.2. The first-order chi connectivity index (χ1) is 7.86. The minimum absolute atomic E-state index is 0.0924. The zero-order valence-electron chi connectivity index (χ0n) is 10.3. The molecule has 6 heteroatoms. The van der Waals surface area contributed by atoms with Crippen LogP contribution >= 0.6 is 0 Å². The van der Waals surface area contributed by atoms with Gasteiger partial charge in [-0.05, 0) is 31.5 Å². The number of hydrogen-bond acceptors (Lipinski definition) is 3. The molecule has 0 aliphatic heterocycles. The van der Waals surface area contributed by atoms with Crippen LogP contribution in [0.5, 0.6) is 0 Å². The first-order valence-corrected chi connectivity index (χ1v) is 6.85. The molecular weight excluding hydrogens is 238 g/mol. The van der Waals surface area contributed by atoms with Crippen molar-refractivity contribution >= 4 is 15.9 Å². The van der Waals surface area contributed by atoms with Crippen LogP contribution in [-0.2, 0) is 16.8 Å². The summed E-state index contributed by atoms with van der Waals surface area (Å²) in [5.74, 6) is 0. The molecule has 0 atom stereocenters. The van der Waals surface area contributed by atoms with E-state index in [1.807, 2.05) is 19.9 Å². The van der Waals surface area contributed by atoms with E-state index >= 15 is 0 Å². The Hall–Kier alpha value is -1.11. The lowest BCUT2D eigenvalue weighted by Gasteiger charge is -2.21. The van der Waals surface area contributed by atoms with Crippen molar-refractivity contribution in [1.82, 2.24) is 4.31 Å². The van der Waals surface area contributed by atoms with Gasteiger partial charge in [-0.15, -0.1) is 0 Å². The van der Waals surface area contributed by atoms with Gasteiger partial charge in [-0.25, -0.2) is 0 Å². The van der Waals surface area contributed by atoms with E-state index in [-0.39, 0.29) is 6.04 Å². The molecule has 3 N–H and O–H groups in total. The molecule has 17 heavy (non-hydrogen) atoms. The fourth-order valence-electron chi connectivity index (χ4n) is 1.26. The number of hydrogen-bond donors (Lipinski definition) is 2. The van der Waals surface area contributed by atoms with Gasteiger partial charge in [0.05, 0.1) is 5.69 Å². The molecular formula is C11H19N3O2S. The van der Waals surface area contributed by atoms with Crippen molar-refractivity contribution in [1.29, 1.82) is 0 Å². The number of nitrogens with zero attached hydrogens (tertiary/aromatic N) is 1. The molecule has 0 aromatic heterocycles. The van der Waals surface area contributed by atoms with Crippen LogP contribution in [0, 0.1) is 0 Å². The number of anilines is 1. The van der Waals surface area contributed by atoms with Gasteiger partial charge in [-0.2, -0.15) is 12.7 Å². The van der Waals surface area contributed by atoms with Crippen molar-refractivity contribution in [2.24, 2.45) is 5.73 Å². The summed E-state index contributed by atoms with van der Waals surface area (Å²) in [7, 11) is -1.95. The van der Waals surface area contributed by atoms with Crippen LogP contribution in [0.2, 0.25) is 0 Å². The van der Waals surface area contributed by atoms with Crippen LogP contribution in [0.3, 0.4) is 0 Å². The average Bonchev–Trinajstić information content (AvgIpc) is 2.27. The van der Waals surface area contributed by atoms with E-state index in [1.165, 1.54) is 4.31 Å². The Kier molecular flexibility index (Phi) is 4.50. The second kappa shape index (κ2) is 5.48. The van der Waals surface area contributed by atoms with Crippen molar-refractivity contribution < 1.29 is 8.42 Å². The van der Waals surface area contributed by atoms with E-state index < -0.39 is 10.2 Å². The number of benzene rings is 1. The second-order valence-electron chi connectivity index (χ2n) is 4.12. The van der Waals surface area contributed by atoms with Gasteiger partial charge in [0, 0.05) is 19.6 Å². The van der Waals surface area contributed by atoms with Crippen molar-refractivity contribution in [3.8, 4) is 0 Å². The van der Waals surface area contributed by atoms with Crippen molar-refractivity contribution in [2.75, 3.05) is 11.8 Å². The Morgan fingerprint density at radius 3 is 2.59 bits per heavy atom. The Balaban J connectivity index is 2.90. The molecule has 0 aliphatic carbocycles. The highest BCUT2D eigenvalue weighted by molar-refractivity contribution is 7.90. The highest BCUT2D eigenvalue weighted by atomic mass is 32.2. The predicted octanol–water partition coefficient (Wildman–Crippen LogP) is 1.14. The first-order valence-electron chi connectivity index (χ1n) is 5.41. The summed E-state index contributed by atoms with van der Waals surface area (Å²) >= 11 is 0. The fraction of sp³-hybridized carbons (Fsp3) is 0.455. The molecule has 1 rings (SSSR count). The van der Waals surface area contributed by atoms with Crippen LogP contribution in [0.1, 0.15) is 19.4 Å². The van der Waals surface area contributed by atoms with Gasteiger partial charge >= 0.3 is 10.2 Å². The molecule has 0 spiro atoms. The van der Waals surface area contributed by atoms with E-state index in [9.17, 15) is 8.42 Å². The molecule has 0 heterocycles. The summed E-state index contributed by atoms with van der Waals surface area (Å²) in [6.45, 7) is 4.01. The van der Waals surface area contributed by atoms with Gasteiger partial charge in [0.2, 0.25) is 0 Å². The molecule has 96 valence electrons. The summed E-state index contributed by atoms with van der Waals surface area (Å²) in [5.41, 5.74) is 6.92. The smallest absolute Gasteiger partial charge is 0.301 e. The Labute approximate surface area is 103 Å². The van der Waals surface area contributed by atoms with Crippen molar-refractivity contribution in [2.45, 2.75) is 26.4 Å².